The second kappa shape index (κ2) is 9.57. The molecule has 1 aromatic heterocycles. The Morgan fingerprint density at radius 1 is 1.10 bits per heavy atom. The van der Waals surface area contributed by atoms with E-state index >= 15 is 0 Å². The second-order valence-corrected chi connectivity index (χ2v) is 7.87. The van der Waals surface area contributed by atoms with Gasteiger partial charge in [0.25, 0.3) is 0 Å². The number of hydrogen-bond acceptors (Lipinski definition) is 5. The van der Waals surface area contributed by atoms with Crippen LogP contribution in [-0.4, -0.2) is 35.7 Å². The number of benzene rings is 2. The Hall–Kier alpha value is -3.15. The molecule has 156 valence electrons. The molecule has 2 aromatic carbocycles. The van der Waals surface area contributed by atoms with Crippen molar-refractivity contribution in [3.63, 3.8) is 0 Å². The average molecular weight is 405 g/mol. The number of carbonyl (C=O) groups excluding carboxylic acids is 1. The SMILES string of the molecule is CC(CNC(=O)CCc1nc(-c2ccc(N3CCCC3)cc2)no1)c1ccccc1. The van der Waals surface area contributed by atoms with Crippen molar-refractivity contribution in [1.29, 1.82) is 0 Å². The maximum Gasteiger partial charge on any atom is 0.227 e. The molecule has 0 radical (unpaired) electrons. The largest absolute Gasteiger partial charge is 0.372 e. The molecule has 1 atom stereocenters. The molecule has 0 spiro atoms. The van der Waals surface area contributed by atoms with Crippen molar-refractivity contribution in [2.24, 2.45) is 0 Å². The third kappa shape index (κ3) is 5.06. The van der Waals surface area contributed by atoms with Crippen LogP contribution in [0.2, 0.25) is 0 Å². The number of aromatic nitrogens is 2. The van der Waals surface area contributed by atoms with Gasteiger partial charge >= 0.3 is 0 Å². The van der Waals surface area contributed by atoms with Crippen molar-refractivity contribution < 1.29 is 9.32 Å². The minimum atomic E-state index is -0.00695. The van der Waals surface area contributed by atoms with Gasteiger partial charge in [0.05, 0.1) is 0 Å². The number of carbonyl (C=O) groups is 1. The summed E-state index contributed by atoms with van der Waals surface area (Å²) < 4.78 is 5.34. The van der Waals surface area contributed by atoms with E-state index in [-0.39, 0.29) is 11.8 Å². The molecule has 4 rings (SSSR count). The summed E-state index contributed by atoms with van der Waals surface area (Å²) in [5, 5.41) is 7.06. The number of anilines is 1. The van der Waals surface area contributed by atoms with Crippen LogP contribution in [-0.2, 0) is 11.2 Å². The van der Waals surface area contributed by atoms with Gasteiger partial charge in [-0.2, -0.15) is 4.98 Å². The van der Waals surface area contributed by atoms with Crippen LogP contribution in [0, 0.1) is 0 Å². The number of aryl methyl sites for hydroxylation is 1. The van der Waals surface area contributed by atoms with Gasteiger partial charge < -0.3 is 14.7 Å². The molecule has 1 unspecified atom stereocenters. The van der Waals surface area contributed by atoms with Gasteiger partial charge in [0.2, 0.25) is 17.6 Å². The molecule has 6 nitrogen and oxygen atoms in total. The summed E-state index contributed by atoms with van der Waals surface area (Å²) in [5.41, 5.74) is 3.38. The summed E-state index contributed by atoms with van der Waals surface area (Å²) >= 11 is 0. The van der Waals surface area contributed by atoms with Crippen LogP contribution in [0.15, 0.2) is 59.1 Å². The molecule has 0 saturated carbocycles. The highest BCUT2D eigenvalue weighted by molar-refractivity contribution is 5.76. The van der Waals surface area contributed by atoms with E-state index in [0.717, 1.165) is 18.7 Å². The normalized spacial score (nSPS) is 14.6. The molecule has 1 N–H and O–H groups in total. The first-order chi connectivity index (χ1) is 14.7. The van der Waals surface area contributed by atoms with Crippen LogP contribution in [0.25, 0.3) is 11.4 Å². The second-order valence-electron chi connectivity index (χ2n) is 7.87. The zero-order valence-corrected chi connectivity index (χ0v) is 17.4. The lowest BCUT2D eigenvalue weighted by Crippen LogP contribution is -2.27. The smallest absolute Gasteiger partial charge is 0.227 e. The Balaban J connectivity index is 1.25. The molecule has 30 heavy (non-hydrogen) atoms. The summed E-state index contributed by atoms with van der Waals surface area (Å²) in [5.74, 6) is 1.32. The van der Waals surface area contributed by atoms with E-state index in [1.165, 1.54) is 24.1 Å². The first-order valence-corrected chi connectivity index (χ1v) is 10.7. The Labute approximate surface area is 177 Å². The topological polar surface area (TPSA) is 71.3 Å². The van der Waals surface area contributed by atoms with E-state index in [4.69, 9.17) is 4.52 Å². The third-order valence-corrected chi connectivity index (χ3v) is 5.60. The fraction of sp³-hybridized carbons (Fsp3) is 0.375. The van der Waals surface area contributed by atoms with Gasteiger partial charge in [-0.25, -0.2) is 0 Å². The van der Waals surface area contributed by atoms with Gasteiger partial charge in [0.15, 0.2) is 0 Å². The molecule has 3 aromatic rings. The summed E-state index contributed by atoms with van der Waals surface area (Å²) in [4.78, 5) is 19.0. The van der Waals surface area contributed by atoms with Crippen molar-refractivity contribution >= 4 is 11.6 Å². The zero-order chi connectivity index (χ0) is 20.8. The van der Waals surface area contributed by atoms with Crippen LogP contribution in [0.3, 0.4) is 0 Å². The van der Waals surface area contributed by atoms with Crippen LogP contribution < -0.4 is 10.2 Å². The van der Waals surface area contributed by atoms with Crippen molar-refractivity contribution in [2.45, 2.75) is 38.5 Å². The zero-order valence-electron chi connectivity index (χ0n) is 17.4. The highest BCUT2D eigenvalue weighted by Gasteiger charge is 2.14. The lowest BCUT2D eigenvalue weighted by atomic mass is 10.0. The molecular formula is C24H28N4O2. The molecule has 6 heteroatoms. The van der Waals surface area contributed by atoms with E-state index in [1.807, 2.05) is 30.3 Å². The maximum atomic E-state index is 12.2. The van der Waals surface area contributed by atoms with E-state index < -0.39 is 0 Å². The summed E-state index contributed by atoms with van der Waals surface area (Å²) in [6.45, 7) is 4.96. The Kier molecular flexibility index (Phi) is 6.42. The van der Waals surface area contributed by atoms with Crippen molar-refractivity contribution in [1.82, 2.24) is 15.5 Å². The summed E-state index contributed by atoms with van der Waals surface area (Å²) in [6.07, 6.45) is 3.28. The van der Waals surface area contributed by atoms with E-state index in [0.29, 0.717) is 31.1 Å². The Morgan fingerprint density at radius 2 is 1.83 bits per heavy atom. The number of nitrogens with one attached hydrogen (secondary N) is 1. The molecule has 1 amide bonds. The fourth-order valence-corrected chi connectivity index (χ4v) is 3.75. The molecule has 1 aliphatic heterocycles. The number of amides is 1. The van der Waals surface area contributed by atoms with Crippen molar-refractivity contribution in [3.8, 4) is 11.4 Å². The number of nitrogens with zero attached hydrogens (tertiary/aromatic N) is 3. The third-order valence-electron chi connectivity index (χ3n) is 5.60. The molecule has 1 saturated heterocycles. The standard InChI is InChI=1S/C24H28N4O2/c1-18(19-7-3-2-4-8-19)17-25-22(29)13-14-23-26-24(27-30-23)20-9-11-21(12-10-20)28-15-5-6-16-28/h2-4,7-12,18H,5-6,13-17H2,1H3,(H,25,29). The van der Waals surface area contributed by atoms with Gasteiger partial charge in [-0.15, -0.1) is 0 Å². The van der Waals surface area contributed by atoms with Crippen molar-refractivity contribution in [2.75, 3.05) is 24.5 Å². The molecule has 2 heterocycles. The minimum Gasteiger partial charge on any atom is -0.372 e. The average Bonchev–Trinajstić information content (AvgIpc) is 3.49. The first kappa shape index (κ1) is 20.1. The summed E-state index contributed by atoms with van der Waals surface area (Å²) in [6, 6.07) is 18.5. The van der Waals surface area contributed by atoms with Gasteiger partial charge in [0, 0.05) is 43.7 Å². The molecule has 1 aliphatic rings. The van der Waals surface area contributed by atoms with E-state index in [1.54, 1.807) is 0 Å². The highest BCUT2D eigenvalue weighted by Crippen LogP contribution is 2.24. The van der Waals surface area contributed by atoms with Gasteiger partial charge in [0.1, 0.15) is 0 Å². The van der Waals surface area contributed by atoms with Crippen LogP contribution >= 0.6 is 0 Å². The van der Waals surface area contributed by atoms with Crippen molar-refractivity contribution in [3.05, 3.63) is 66.1 Å². The van der Waals surface area contributed by atoms with Crippen LogP contribution in [0.1, 0.15) is 43.6 Å². The lowest BCUT2D eigenvalue weighted by Gasteiger charge is -2.17. The monoisotopic (exact) mass is 404 g/mol. The first-order valence-electron chi connectivity index (χ1n) is 10.7. The van der Waals surface area contributed by atoms with Gasteiger partial charge in [-0.3, -0.25) is 4.79 Å². The molecule has 1 fully saturated rings. The predicted octanol–water partition coefficient (Wildman–Crippen LogP) is 4.19. The molecule has 0 bridgehead atoms. The minimum absolute atomic E-state index is 0.00695. The van der Waals surface area contributed by atoms with Gasteiger partial charge in [-0.1, -0.05) is 42.4 Å². The highest BCUT2D eigenvalue weighted by atomic mass is 16.5. The summed E-state index contributed by atoms with van der Waals surface area (Å²) in [7, 11) is 0. The van der Waals surface area contributed by atoms with E-state index in [9.17, 15) is 4.79 Å². The van der Waals surface area contributed by atoms with Crippen LogP contribution in [0.4, 0.5) is 5.69 Å². The molecular weight excluding hydrogens is 376 g/mol. The molecule has 0 aliphatic carbocycles. The van der Waals surface area contributed by atoms with Crippen LogP contribution in [0.5, 0.6) is 0 Å². The fourth-order valence-electron chi connectivity index (χ4n) is 3.75. The maximum absolute atomic E-state index is 12.2. The van der Waals surface area contributed by atoms with E-state index in [2.05, 4.69) is 51.5 Å². The van der Waals surface area contributed by atoms with Gasteiger partial charge in [-0.05, 0) is 48.6 Å². The Bertz CT molecular complexity index is 947. The lowest BCUT2D eigenvalue weighted by molar-refractivity contribution is -0.121. The Morgan fingerprint density at radius 3 is 2.57 bits per heavy atom. The quantitative estimate of drug-likeness (QED) is 0.610. The predicted molar refractivity (Wildman–Crippen MR) is 117 cm³/mol. The number of rotatable bonds is 8. The number of hydrogen-bond donors (Lipinski definition) is 1.